The van der Waals surface area contributed by atoms with Gasteiger partial charge >= 0.3 is 5.97 Å². The van der Waals surface area contributed by atoms with Crippen molar-refractivity contribution in [3.8, 4) is 0 Å². The summed E-state index contributed by atoms with van der Waals surface area (Å²) in [6, 6.07) is 5.04. The Kier molecular flexibility index (Phi) is 4.73. The van der Waals surface area contributed by atoms with E-state index in [1.807, 2.05) is 4.57 Å². The van der Waals surface area contributed by atoms with E-state index in [2.05, 4.69) is 9.97 Å². The van der Waals surface area contributed by atoms with Gasteiger partial charge in [-0.2, -0.15) is 0 Å². The van der Waals surface area contributed by atoms with Crippen molar-refractivity contribution in [2.75, 3.05) is 13.1 Å². The number of carbonyl (C=O) groups excluding carboxylic acids is 1. The van der Waals surface area contributed by atoms with Gasteiger partial charge < -0.3 is 14.6 Å². The minimum Gasteiger partial charge on any atom is -0.478 e. The standard InChI is InChI=1S/C20H18F2N4O3/c21-20(22)2-5-25(6-3-20)18(27)15-8-14-1-4-26(17(14)24-11-15)12-13-7-16(19(28)29)10-23-9-13/h1,4,7-11H,2-3,5-6,12H2,(H,28,29). The molecule has 0 saturated carbocycles. The summed E-state index contributed by atoms with van der Waals surface area (Å²) in [6.45, 7) is 0.425. The smallest absolute Gasteiger partial charge is 0.337 e. The van der Waals surface area contributed by atoms with Crippen molar-refractivity contribution >= 4 is 22.9 Å². The van der Waals surface area contributed by atoms with E-state index in [0.717, 1.165) is 5.39 Å². The van der Waals surface area contributed by atoms with E-state index in [1.165, 1.54) is 17.3 Å². The van der Waals surface area contributed by atoms with Crippen LogP contribution in [0.4, 0.5) is 8.78 Å². The molecule has 150 valence electrons. The second-order valence-electron chi connectivity index (χ2n) is 7.12. The first-order valence-electron chi connectivity index (χ1n) is 9.12. The minimum absolute atomic E-state index is 0.0256. The van der Waals surface area contributed by atoms with Crippen LogP contribution in [0.1, 0.15) is 39.1 Å². The number of carboxylic acid groups (broad SMARTS) is 1. The van der Waals surface area contributed by atoms with Crippen LogP contribution in [0.3, 0.4) is 0 Å². The van der Waals surface area contributed by atoms with Crippen molar-refractivity contribution in [2.24, 2.45) is 0 Å². The highest BCUT2D eigenvalue weighted by Gasteiger charge is 2.35. The van der Waals surface area contributed by atoms with Crippen LogP contribution in [0.15, 0.2) is 43.0 Å². The zero-order chi connectivity index (χ0) is 20.6. The molecule has 3 aromatic rings. The average Bonchev–Trinajstić information content (AvgIpc) is 3.09. The van der Waals surface area contributed by atoms with E-state index in [1.54, 1.807) is 30.6 Å². The number of hydrogen-bond donors (Lipinski definition) is 1. The number of pyridine rings is 2. The topological polar surface area (TPSA) is 88.3 Å². The molecule has 0 unspecified atom stereocenters. The number of aromatic carboxylic acids is 1. The fourth-order valence-corrected chi connectivity index (χ4v) is 3.43. The summed E-state index contributed by atoms with van der Waals surface area (Å²) >= 11 is 0. The molecule has 0 aliphatic carbocycles. The van der Waals surface area contributed by atoms with Crippen LogP contribution in [0.5, 0.6) is 0 Å². The van der Waals surface area contributed by atoms with Gasteiger partial charge in [-0.15, -0.1) is 0 Å². The molecule has 1 aliphatic heterocycles. The number of hydrogen-bond acceptors (Lipinski definition) is 4. The maximum atomic E-state index is 13.3. The lowest BCUT2D eigenvalue weighted by atomic mass is 10.1. The molecule has 29 heavy (non-hydrogen) atoms. The number of aromatic nitrogens is 3. The molecule has 4 rings (SSSR count). The summed E-state index contributed by atoms with van der Waals surface area (Å²) in [6.07, 6.45) is 5.46. The monoisotopic (exact) mass is 400 g/mol. The summed E-state index contributed by atoms with van der Waals surface area (Å²) in [5.41, 5.74) is 1.80. The predicted molar refractivity (Wildman–Crippen MR) is 100 cm³/mol. The molecule has 0 radical (unpaired) electrons. The van der Waals surface area contributed by atoms with Gasteiger partial charge in [0.15, 0.2) is 0 Å². The Labute approximate surface area is 164 Å². The molecule has 0 bridgehead atoms. The van der Waals surface area contributed by atoms with Crippen molar-refractivity contribution in [3.05, 3.63) is 59.7 Å². The van der Waals surface area contributed by atoms with Gasteiger partial charge in [-0.3, -0.25) is 9.78 Å². The molecular weight excluding hydrogens is 382 g/mol. The fourth-order valence-electron chi connectivity index (χ4n) is 3.43. The third-order valence-corrected chi connectivity index (χ3v) is 5.03. The first kappa shape index (κ1) is 19.0. The summed E-state index contributed by atoms with van der Waals surface area (Å²) in [5, 5.41) is 9.83. The van der Waals surface area contributed by atoms with Crippen LogP contribution in [0, 0.1) is 0 Å². The Balaban J connectivity index is 1.54. The number of amides is 1. The van der Waals surface area contributed by atoms with Crippen molar-refractivity contribution < 1.29 is 23.5 Å². The molecule has 0 spiro atoms. The maximum Gasteiger partial charge on any atom is 0.337 e. The normalized spacial score (nSPS) is 16.1. The number of alkyl halides is 2. The van der Waals surface area contributed by atoms with Crippen LogP contribution in [-0.4, -0.2) is 55.4 Å². The first-order chi connectivity index (χ1) is 13.8. The van der Waals surface area contributed by atoms with Crippen molar-refractivity contribution in [2.45, 2.75) is 25.3 Å². The van der Waals surface area contributed by atoms with Crippen LogP contribution < -0.4 is 0 Å². The van der Waals surface area contributed by atoms with E-state index in [9.17, 15) is 18.4 Å². The lowest BCUT2D eigenvalue weighted by Gasteiger charge is -2.31. The third-order valence-electron chi connectivity index (χ3n) is 5.03. The van der Waals surface area contributed by atoms with E-state index in [4.69, 9.17) is 5.11 Å². The number of piperidine rings is 1. The highest BCUT2D eigenvalue weighted by atomic mass is 19.3. The zero-order valence-electron chi connectivity index (χ0n) is 15.4. The number of rotatable bonds is 4. The summed E-state index contributed by atoms with van der Waals surface area (Å²) in [4.78, 5) is 33.5. The van der Waals surface area contributed by atoms with Gasteiger partial charge in [-0.1, -0.05) is 0 Å². The maximum absolute atomic E-state index is 13.3. The molecule has 7 nitrogen and oxygen atoms in total. The molecule has 1 saturated heterocycles. The van der Waals surface area contributed by atoms with Gasteiger partial charge in [-0.05, 0) is 23.8 Å². The van der Waals surface area contributed by atoms with Gasteiger partial charge in [0.1, 0.15) is 5.65 Å². The van der Waals surface area contributed by atoms with E-state index in [-0.39, 0.29) is 37.4 Å². The van der Waals surface area contributed by atoms with Crippen LogP contribution in [0.2, 0.25) is 0 Å². The van der Waals surface area contributed by atoms with Gasteiger partial charge in [-0.25, -0.2) is 18.6 Å². The molecule has 4 heterocycles. The van der Waals surface area contributed by atoms with E-state index < -0.39 is 11.9 Å². The zero-order valence-corrected chi connectivity index (χ0v) is 15.4. The van der Waals surface area contributed by atoms with Gasteiger partial charge in [0.05, 0.1) is 17.7 Å². The van der Waals surface area contributed by atoms with Crippen molar-refractivity contribution in [3.63, 3.8) is 0 Å². The highest BCUT2D eigenvalue weighted by molar-refractivity contribution is 5.97. The molecule has 1 aliphatic rings. The lowest BCUT2D eigenvalue weighted by Crippen LogP contribution is -2.42. The number of nitrogens with zero attached hydrogens (tertiary/aromatic N) is 4. The average molecular weight is 400 g/mol. The van der Waals surface area contributed by atoms with E-state index >= 15 is 0 Å². The second kappa shape index (κ2) is 7.23. The number of fused-ring (bicyclic) bond motifs is 1. The largest absolute Gasteiger partial charge is 0.478 e. The molecule has 0 atom stereocenters. The SMILES string of the molecule is O=C(O)c1cncc(Cn2ccc3cc(C(=O)N4CCC(F)(F)CC4)cnc32)c1. The molecule has 9 heteroatoms. The van der Waals surface area contributed by atoms with Crippen molar-refractivity contribution in [1.82, 2.24) is 19.4 Å². The number of carbonyl (C=O) groups is 2. The third kappa shape index (κ3) is 3.94. The molecule has 0 aromatic carbocycles. The Morgan fingerprint density at radius 2 is 1.86 bits per heavy atom. The molecular formula is C20H18F2N4O3. The van der Waals surface area contributed by atoms with Crippen molar-refractivity contribution in [1.29, 1.82) is 0 Å². The number of likely N-dealkylation sites (tertiary alicyclic amines) is 1. The van der Waals surface area contributed by atoms with Crippen LogP contribution >= 0.6 is 0 Å². The van der Waals surface area contributed by atoms with Gasteiger partial charge in [0, 0.05) is 56.1 Å². The first-order valence-corrected chi connectivity index (χ1v) is 9.12. The molecule has 1 N–H and O–H groups in total. The molecule has 1 amide bonds. The quantitative estimate of drug-likeness (QED) is 0.727. The Bertz CT molecular complexity index is 1090. The minimum atomic E-state index is -2.71. The van der Waals surface area contributed by atoms with E-state index in [0.29, 0.717) is 23.3 Å². The summed E-state index contributed by atoms with van der Waals surface area (Å²) < 4.78 is 28.5. The Morgan fingerprint density at radius 1 is 1.10 bits per heavy atom. The Morgan fingerprint density at radius 3 is 2.59 bits per heavy atom. The van der Waals surface area contributed by atoms with Gasteiger partial charge in [0.2, 0.25) is 0 Å². The number of carboxylic acids is 1. The van der Waals surface area contributed by atoms with Gasteiger partial charge in [0.25, 0.3) is 11.8 Å². The summed E-state index contributed by atoms with van der Waals surface area (Å²) in [5.74, 6) is -4.06. The lowest BCUT2D eigenvalue weighted by molar-refractivity contribution is -0.0494. The highest BCUT2D eigenvalue weighted by Crippen LogP contribution is 2.28. The fraction of sp³-hybridized carbons (Fsp3) is 0.300. The predicted octanol–water partition coefficient (Wildman–Crippen LogP) is 3.05. The number of halogens is 2. The summed E-state index contributed by atoms with van der Waals surface area (Å²) in [7, 11) is 0. The Hall–Kier alpha value is -3.36. The molecule has 3 aromatic heterocycles. The second-order valence-corrected chi connectivity index (χ2v) is 7.12. The van der Waals surface area contributed by atoms with Crippen LogP contribution in [-0.2, 0) is 6.54 Å². The molecule has 1 fully saturated rings. The van der Waals surface area contributed by atoms with Crippen LogP contribution in [0.25, 0.3) is 11.0 Å².